The van der Waals surface area contributed by atoms with Crippen LogP contribution in [0.15, 0.2) is 59.1 Å². The number of hydrogen-bond acceptors (Lipinski definition) is 5. The lowest BCUT2D eigenvalue weighted by atomic mass is 10.1. The van der Waals surface area contributed by atoms with Crippen molar-refractivity contribution in [3.63, 3.8) is 0 Å². The number of amides is 1. The van der Waals surface area contributed by atoms with Crippen molar-refractivity contribution in [1.82, 2.24) is 5.32 Å². The fourth-order valence-electron chi connectivity index (χ4n) is 2.29. The predicted molar refractivity (Wildman–Crippen MR) is 103 cm³/mol. The summed E-state index contributed by atoms with van der Waals surface area (Å²) in [5, 5.41) is 19.9. The molecule has 8 heteroatoms. The van der Waals surface area contributed by atoms with Crippen LogP contribution >= 0.6 is 0 Å². The molecular formula is C19H20N4O3S. The Bertz CT molecular complexity index is 1020. The van der Waals surface area contributed by atoms with Gasteiger partial charge in [-0.25, -0.2) is 13.6 Å². The van der Waals surface area contributed by atoms with E-state index < -0.39 is 15.9 Å². The van der Waals surface area contributed by atoms with Crippen LogP contribution in [-0.2, 0) is 21.4 Å². The fraction of sp³-hybridized carbons (Fsp3) is 0.158. The Hall–Kier alpha value is -3.15. The number of anilines is 1. The van der Waals surface area contributed by atoms with Gasteiger partial charge in [0.15, 0.2) is 0 Å². The van der Waals surface area contributed by atoms with Crippen LogP contribution in [0.4, 0.5) is 5.69 Å². The third kappa shape index (κ3) is 5.41. The first kappa shape index (κ1) is 20.2. The molecule has 2 rings (SSSR count). The number of nitriles is 1. The summed E-state index contributed by atoms with van der Waals surface area (Å²) in [5.74, 6) is -0.511. The second-order valence-corrected chi connectivity index (χ2v) is 7.50. The maximum absolute atomic E-state index is 12.3. The third-order valence-corrected chi connectivity index (χ3v) is 4.95. The third-order valence-electron chi connectivity index (χ3n) is 4.02. The summed E-state index contributed by atoms with van der Waals surface area (Å²) in [6.45, 7) is 4.14. The molecule has 4 N–H and O–H groups in total. The van der Waals surface area contributed by atoms with Crippen molar-refractivity contribution in [2.24, 2.45) is 5.14 Å². The van der Waals surface area contributed by atoms with Gasteiger partial charge in [-0.05, 0) is 48.7 Å². The number of nitrogens with one attached hydrogen (secondary N) is 2. The number of carbonyl (C=O) groups excluding carboxylic acids is 1. The summed E-state index contributed by atoms with van der Waals surface area (Å²) < 4.78 is 22.5. The second kappa shape index (κ2) is 8.49. The largest absolute Gasteiger partial charge is 0.386 e. The van der Waals surface area contributed by atoms with E-state index in [1.807, 2.05) is 32.0 Å². The zero-order valence-electron chi connectivity index (χ0n) is 15.0. The first-order chi connectivity index (χ1) is 12.7. The Morgan fingerprint density at radius 1 is 1.19 bits per heavy atom. The molecule has 7 nitrogen and oxygen atoms in total. The number of aryl methyl sites for hydroxylation is 1. The van der Waals surface area contributed by atoms with E-state index in [9.17, 15) is 18.5 Å². The van der Waals surface area contributed by atoms with E-state index in [0.29, 0.717) is 12.2 Å². The van der Waals surface area contributed by atoms with Crippen LogP contribution in [0.3, 0.4) is 0 Å². The van der Waals surface area contributed by atoms with E-state index in [0.717, 1.165) is 16.7 Å². The number of hydrogen-bond donors (Lipinski definition) is 3. The number of nitrogens with zero attached hydrogens (tertiary/aromatic N) is 1. The van der Waals surface area contributed by atoms with Gasteiger partial charge < -0.3 is 10.6 Å². The molecule has 0 aromatic heterocycles. The molecule has 0 saturated carbocycles. The molecule has 0 aliphatic carbocycles. The van der Waals surface area contributed by atoms with Gasteiger partial charge in [-0.2, -0.15) is 5.26 Å². The Labute approximate surface area is 158 Å². The van der Waals surface area contributed by atoms with Crippen molar-refractivity contribution in [1.29, 1.82) is 5.26 Å². The van der Waals surface area contributed by atoms with Crippen LogP contribution in [0.5, 0.6) is 0 Å². The van der Waals surface area contributed by atoms with E-state index in [1.54, 1.807) is 18.2 Å². The van der Waals surface area contributed by atoms with Gasteiger partial charge in [0.05, 0.1) is 4.90 Å². The summed E-state index contributed by atoms with van der Waals surface area (Å²) in [7, 11) is -3.73. The SMILES string of the molecule is Cc1cccc(NC(=O)/C(C#N)=C\NCc2ccc(S(N)(=O)=O)cc2)c1C. The number of benzene rings is 2. The highest BCUT2D eigenvalue weighted by atomic mass is 32.2. The highest BCUT2D eigenvalue weighted by Gasteiger charge is 2.11. The van der Waals surface area contributed by atoms with Crippen LogP contribution in [0.2, 0.25) is 0 Å². The quantitative estimate of drug-likeness (QED) is 0.519. The molecule has 0 saturated heterocycles. The van der Waals surface area contributed by atoms with Crippen LogP contribution in [0.1, 0.15) is 16.7 Å². The van der Waals surface area contributed by atoms with Crippen LogP contribution < -0.4 is 15.8 Å². The van der Waals surface area contributed by atoms with Gasteiger partial charge in [0.25, 0.3) is 5.91 Å². The van der Waals surface area contributed by atoms with Crippen LogP contribution in [-0.4, -0.2) is 14.3 Å². The average molecular weight is 384 g/mol. The maximum atomic E-state index is 12.3. The minimum absolute atomic E-state index is 0.0207. The summed E-state index contributed by atoms with van der Waals surface area (Å²) in [6, 6.07) is 13.4. The molecule has 0 radical (unpaired) electrons. The van der Waals surface area contributed by atoms with Gasteiger partial charge >= 0.3 is 0 Å². The van der Waals surface area contributed by atoms with Gasteiger partial charge in [0.2, 0.25) is 10.0 Å². The minimum atomic E-state index is -3.73. The van der Waals surface area contributed by atoms with Crippen LogP contribution in [0.25, 0.3) is 0 Å². The predicted octanol–water partition coefficient (Wildman–Crippen LogP) is 2.09. The average Bonchev–Trinajstić information content (AvgIpc) is 2.62. The standard InChI is InChI=1S/C19H20N4O3S/c1-13-4-3-5-18(14(13)2)23-19(24)16(10-20)12-22-11-15-6-8-17(9-7-15)27(21,25)26/h3-9,12,22H,11H2,1-2H3,(H,23,24)(H2,21,25,26)/b16-12-. The molecule has 2 aromatic rings. The molecule has 1 amide bonds. The lowest BCUT2D eigenvalue weighted by Crippen LogP contribution is -2.17. The highest BCUT2D eigenvalue weighted by Crippen LogP contribution is 2.18. The molecule has 0 atom stereocenters. The van der Waals surface area contributed by atoms with E-state index in [-0.39, 0.29) is 10.5 Å². The maximum Gasteiger partial charge on any atom is 0.267 e. The van der Waals surface area contributed by atoms with Crippen molar-refractivity contribution in [3.8, 4) is 6.07 Å². The molecule has 140 valence electrons. The van der Waals surface area contributed by atoms with E-state index in [2.05, 4.69) is 10.6 Å². The molecule has 0 bridgehead atoms. The lowest BCUT2D eigenvalue weighted by molar-refractivity contribution is -0.112. The van der Waals surface area contributed by atoms with Crippen LogP contribution in [0, 0.1) is 25.2 Å². The van der Waals surface area contributed by atoms with Crippen molar-refractivity contribution < 1.29 is 13.2 Å². The number of nitrogens with two attached hydrogens (primary N) is 1. The molecular weight excluding hydrogens is 364 g/mol. The van der Waals surface area contributed by atoms with Crippen molar-refractivity contribution in [2.75, 3.05) is 5.32 Å². The van der Waals surface area contributed by atoms with Gasteiger partial charge in [0.1, 0.15) is 11.6 Å². The smallest absolute Gasteiger partial charge is 0.267 e. The van der Waals surface area contributed by atoms with Gasteiger partial charge in [-0.15, -0.1) is 0 Å². The van der Waals surface area contributed by atoms with Crippen molar-refractivity contribution >= 4 is 21.6 Å². The summed E-state index contributed by atoms with van der Waals surface area (Å²) in [5.41, 5.74) is 3.32. The first-order valence-corrected chi connectivity index (χ1v) is 9.60. The molecule has 2 aromatic carbocycles. The molecule has 0 aliphatic rings. The molecule has 0 unspecified atom stereocenters. The van der Waals surface area contributed by atoms with Gasteiger partial charge in [0, 0.05) is 18.4 Å². The highest BCUT2D eigenvalue weighted by molar-refractivity contribution is 7.89. The summed E-state index contributed by atoms with van der Waals surface area (Å²) in [6.07, 6.45) is 1.33. The van der Waals surface area contributed by atoms with Gasteiger partial charge in [-0.3, -0.25) is 4.79 Å². The Kier molecular flexibility index (Phi) is 6.34. The molecule has 27 heavy (non-hydrogen) atoms. The van der Waals surface area contributed by atoms with Crippen molar-refractivity contribution in [2.45, 2.75) is 25.3 Å². The van der Waals surface area contributed by atoms with E-state index in [1.165, 1.54) is 18.3 Å². The summed E-state index contributed by atoms with van der Waals surface area (Å²) >= 11 is 0. The van der Waals surface area contributed by atoms with Crippen molar-refractivity contribution in [3.05, 3.63) is 70.9 Å². The second-order valence-electron chi connectivity index (χ2n) is 5.94. The molecule has 0 heterocycles. The molecule has 0 aliphatic heterocycles. The summed E-state index contributed by atoms with van der Waals surface area (Å²) in [4.78, 5) is 12.3. The van der Waals surface area contributed by atoms with E-state index >= 15 is 0 Å². The Balaban J connectivity index is 2.02. The zero-order chi connectivity index (χ0) is 20.0. The Morgan fingerprint density at radius 2 is 1.85 bits per heavy atom. The normalized spacial score (nSPS) is 11.6. The van der Waals surface area contributed by atoms with Gasteiger partial charge in [-0.1, -0.05) is 24.3 Å². The lowest BCUT2D eigenvalue weighted by Gasteiger charge is -2.10. The number of rotatable bonds is 6. The number of primary sulfonamides is 1. The molecule has 0 fully saturated rings. The monoisotopic (exact) mass is 384 g/mol. The zero-order valence-corrected chi connectivity index (χ0v) is 15.8. The number of carbonyl (C=O) groups is 1. The van der Waals surface area contributed by atoms with E-state index in [4.69, 9.17) is 5.14 Å². The minimum Gasteiger partial charge on any atom is -0.386 e. The topological polar surface area (TPSA) is 125 Å². The molecule has 0 spiro atoms. The fourth-order valence-corrected chi connectivity index (χ4v) is 2.81. The Morgan fingerprint density at radius 3 is 2.44 bits per heavy atom. The first-order valence-electron chi connectivity index (χ1n) is 8.05. The number of sulfonamides is 1.